The zero-order chi connectivity index (χ0) is 29.1. The van der Waals surface area contributed by atoms with Crippen LogP contribution in [0.4, 0.5) is 0 Å². The third kappa shape index (κ3) is 3.18. The minimum Gasteiger partial charge on any atom is -0.309 e. The zero-order valence-electron chi connectivity index (χ0n) is 25.3. The van der Waals surface area contributed by atoms with E-state index in [1.807, 2.05) is 0 Å². The Bertz CT molecular complexity index is 2200. The van der Waals surface area contributed by atoms with Crippen LogP contribution in [0.5, 0.6) is 0 Å². The summed E-state index contributed by atoms with van der Waals surface area (Å²) >= 11 is 0. The van der Waals surface area contributed by atoms with Crippen molar-refractivity contribution in [3.63, 3.8) is 0 Å². The molecule has 1 nitrogen and oxygen atoms in total. The van der Waals surface area contributed by atoms with E-state index in [1.165, 1.54) is 72.0 Å². The maximum absolute atomic E-state index is 2.56. The third-order valence-corrected chi connectivity index (χ3v) is 10.8. The number of rotatable bonds is 2. The molecule has 0 saturated heterocycles. The van der Waals surface area contributed by atoms with Gasteiger partial charge in [-0.15, -0.1) is 0 Å². The van der Waals surface area contributed by atoms with Gasteiger partial charge in [0.2, 0.25) is 0 Å². The highest BCUT2D eigenvalue weighted by molar-refractivity contribution is 6.17. The number of aromatic nitrogens is 1. The Morgan fingerprint density at radius 1 is 0.651 bits per heavy atom. The summed E-state index contributed by atoms with van der Waals surface area (Å²) in [6.07, 6.45) is 6.14. The third-order valence-electron chi connectivity index (χ3n) is 10.8. The van der Waals surface area contributed by atoms with Gasteiger partial charge in [-0.2, -0.15) is 0 Å². The van der Waals surface area contributed by atoms with E-state index < -0.39 is 0 Å². The second-order valence-corrected chi connectivity index (χ2v) is 13.7. The molecule has 0 fully saturated rings. The Balaban J connectivity index is 1.40. The molecule has 0 unspecified atom stereocenters. The fraction of sp³-hybridized carbons (Fsp3) is 0.190. The molecule has 9 rings (SSSR count). The van der Waals surface area contributed by atoms with Crippen LogP contribution in [0.3, 0.4) is 0 Å². The van der Waals surface area contributed by atoms with E-state index in [0.717, 1.165) is 6.42 Å². The molecule has 43 heavy (non-hydrogen) atoms. The first kappa shape index (κ1) is 24.9. The van der Waals surface area contributed by atoms with E-state index >= 15 is 0 Å². The average molecular weight is 554 g/mol. The molecule has 208 valence electrons. The molecule has 0 saturated carbocycles. The van der Waals surface area contributed by atoms with Gasteiger partial charge in [-0.25, -0.2) is 0 Å². The molecule has 0 amide bonds. The van der Waals surface area contributed by atoms with E-state index in [2.05, 4.69) is 154 Å². The van der Waals surface area contributed by atoms with Crippen LogP contribution in [0.2, 0.25) is 0 Å². The van der Waals surface area contributed by atoms with Crippen molar-refractivity contribution in [2.45, 2.75) is 50.9 Å². The van der Waals surface area contributed by atoms with Gasteiger partial charge < -0.3 is 4.57 Å². The molecular weight excluding hydrogens is 518 g/mol. The van der Waals surface area contributed by atoms with Crippen LogP contribution in [-0.2, 0) is 10.8 Å². The summed E-state index contributed by atoms with van der Waals surface area (Å²) in [7, 11) is 0. The lowest BCUT2D eigenvalue weighted by atomic mass is 9.74. The van der Waals surface area contributed by atoms with Gasteiger partial charge in [-0.3, -0.25) is 0 Å². The zero-order valence-corrected chi connectivity index (χ0v) is 25.3. The van der Waals surface area contributed by atoms with E-state index in [-0.39, 0.29) is 10.8 Å². The SMILES string of the molecule is CC1(C)C2=CC(c3cc4c5ccccc5n(-c5ccccc5)c4c4c3C(C)(C)c3ccccc3-4)=CC[C@@H]2c2ccccc21. The Hall–Kier alpha value is -4.62. The number of fused-ring (bicyclic) bond motifs is 10. The van der Waals surface area contributed by atoms with Crippen LogP contribution < -0.4 is 0 Å². The van der Waals surface area contributed by atoms with Crippen LogP contribution in [0, 0.1) is 0 Å². The average Bonchev–Trinajstić information content (AvgIpc) is 3.58. The summed E-state index contributed by atoms with van der Waals surface area (Å²) in [4.78, 5) is 0. The van der Waals surface area contributed by atoms with Crippen molar-refractivity contribution in [3.05, 3.63) is 155 Å². The van der Waals surface area contributed by atoms with Gasteiger partial charge in [-0.05, 0) is 69.6 Å². The Morgan fingerprint density at radius 3 is 2.19 bits per heavy atom. The quantitative estimate of drug-likeness (QED) is 0.201. The van der Waals surface area contributed by atoms with Gasteiger partial charge >= 0.3 is 0 Å². The highest BCUT2D eigenvalue weighted by Gasteiger charge is 2.44. The van der Waals surface area contributed by atoms with E-state index in [0.29, 0.717) is 5.92 Å². The molecule has 0 radical (unpaired) electrons. The predicted octanol–water partition coefficient (Wildman–Crippen LogP) is 10.9. The van der Waals surface area contributed by atoms with E-state index in [1.54, 1.807) is 5.57 Å². The molecule has 3 aliphatic rings. The molecule has 1 heterocycles. The molecule has 0 bridgehead atoms. The maximum Gasteiger partial charge on any atom is 0.0623 e. The monoisotopic (exact) mass is 553 g/mol. The van der Waals surface area contributed by atoms with E-state index in [4.69, 9.17) is 0 Å². The first-order valence-electron chi connectivity index (χ1n) is 15.7. The number of hydrogen-bond acceptors (Lipinski definition) is 0. The largest absolute Gasteiger partial charge is 0.309 e. The topological polar surface area (TPSA) is 4.93 Å². The van der Waals surface area contributed by atoms with Crippen LogP contribution >= 0.6 is 0 Å². The number of hydrogen-bond donors (Lipinski definition) is 0. The Labute approximate surface area is 253 Å². The molecular formula is C42H35N. The first-order valence-corrected chi connectivity index (χ1v) is 15.7. The normalized spacial score (nSPS) is 19.0. The molecule has 3 aliphatic carbocycles. The van der Waals surface area contributed by atoms with Crippen molar-refractivity contribution in [1.29, 1.82) is 0 Å². The smallest absolute Gasteiger partial charge is 0.0623 e. The van der Waals surface area contributed by atoms with Crippen LogP contribution in [0.15, 0.2) is 127 Å². The van der Waals surface area contributed by atoms with Crippen LogP contribution in [0.1, 0.15) is 67.9 Å². The Kier molecular flexibility index (Phi) is 4.92. The summed E-state index contributed by atoms with van der Waals surface area (Å²) in [6.45, 7) is 9.69. The number of para-hydroxylation sites is 2. The molecule has 0 N–H and O–H groups in total. The van der Waals surface area contributed by atoms with Crippen LogP contribution in [-0.4, -0.2) is 4.57 Å². The van der Waals surface area contributed by atoms with Gasteiger partial charge in [0, 0.05) is 38.8 Å². The minimum atomic E-state index is -0.127. The van der Waals surface area contributed by atoms with Gasteiger partial charge in [0.05, 0.1) is 11.0 Å². The highest BCUT2D eigenvalue weighted by atomic mass is 15.0. The summed E-state index contributed by atoms with van der Waals surface area (Å²) < 4.78 is 2.51. The first-order chi connectivity index (χ1) is 20.9. The minimum absolute atomic E-state index is 0.0237. The maximum atomic E-state index is 2.56. The molecule has 1 aromatic heterocycles. The van der Waals surface area contributed by atoms with E-state index in [9.17, 15) is 0 Å². The lowest BCUT2D eigenvalue weighted by Crippen LogP contribution is -2.19. The number of nitrogens with zero attached hydrogens (tertiary/aromatic N) is 1. The molecule has 1 atom stereocenters. The summed E-state index contributed by atoms with van der Waals surface area (Å²) in [5.74, 6) is 0.469. The highest BCUT2D eigenvalue weighted by Crippen LogP contribution is 2.58. The fourth-order valence-corrected chi connectivity index (χ4v) is 8.81. The van der Waals surface area contributed by atoms with Crippen molar-refractivity contribution in [2.24, 2.45) is 0 Å². The van der Waals surface area contributed by atoms with Crippen molar-refractivity contribution < 1.29 is 0 Å². The molecule has 0 aliphatic heterocycles. The number of allylic oxidation sites excluding steroid dienone is 4. The van der Waals surface area contributed by atoms with Crippen molar-refractivity contribution >= 4 is 27.4 Å². The molecule has 1 heteroatoms. The lowest BCUT2D eigenvalue weighted by Gasteiger charge is -2.30. The van der Waals surface area contributed by atoms with Gasteiger partial charge in [-0.1, -0.05) is 130 Å². The van der Waals surface area contributed by atoms with Gasteiger partial charge in [0.1, 0.15) is 0 Å². The Morgan fingerprint density at radius 2 is 1.35 bits per heavy atom. The van der Waals surface area contributed by atoms with Gasteiger partial charge in [0.25, 0.3) is 0 Å². The molecule has 5 aromatic carbocycles. The second-order valence-electron chi connectivity index (χ2n) is 13.7. The van der Waals surface area contributed by atoms with Crippen molar-refractivity contribution in [3.8, 4) is 16.8 Å². The number of benzene rings is 5. The predicted molar refractivity (Wildman–Crippen MR) is 181 cm³/mol. The lowest BCUT2D eigenvalue weighted by molar-refractivity contribution is 0.613. The second kappa shape index (κ2) is 8.48. The molecule has 0 spiro atoms. The van der Waals surface area contributed by atoms with Gasteiger partial charge in [0.15, 0.2) is 0 Å². The fourth-order valence-electron chi connectivity index (χ4n) is 8.81. The summed E-state index contributed by atoms with van der Waals surface area (Å²) in [6, 6.07) is 40.6. The standard InChI is InChI=1S/C42H35N/c1-41(2)34-19-11-8-16-28(34)29-23-22-26(24-36(29)41)32-25-33-30-17-10-13-21-37(30)43(27-14-6-5-7-15-27)40(33)38-31-18-9-12-20-35(31)42(3,4)39(32)38/h5-22,24-25,29H,23H2,1-4H3/t29-/m1/s1. The molecule has 6 aromatic rings. The van der Waals surface area contributed by atoms with Crippen LogP contribution in [0.25, 0.3) is 44.2 Å². The van der Waals surface area contributed by atoms with Crippen molar-refractivity contribution in [2.75, 3.05) is 0 Å². The summed E-state index contributed by atoms with van der Waals surface area (Å²) in [5.41, 5.74) is 16.6. The van der Waals surface area contributed by atoms with Crippen molar-refractivity contribution in [1.82, 2.24) is 4.57 Å². The summed E-state index contributed by atoms with van der Waals surface area (Å²) in [5, 5.41) is 2.64.